The van der Waals surface area contributed by atoms with E-state index in [0.717, 1.165) is 4.47 Å². The lowest BCUT2D eigenvalue weighted by atomic mass is 10.2. The summed E-state index contributed by atoms with van der Waals surface area (Å²) < 4.78 is 12.0. The van der Waals surface area contributed by atoms with Crippen molar-refractivity contribution in [3.63, 3.8) is 0 Å². The zero-order valence-electron chi connectivity index (χ0n) is 12.5. The molecule has 2 aromatic rings. The Morgan fingerprint density at radius 1 is 1.23 bits per heavy atom. The Morgan fingerprint density at radius 2 is 2.00 bits per heavy atom. The van der Waals surface area contributed by atoms with Crippen LogP contribution in [0.2, 0.25) is 0 Å². The summed E-state index contributed by atoms with van der Waals surface area (Å²) in [6, 6.07) is 14.7. The molecule has 0 aliphatic carbocycles. The summed E-state index contributed by atoms with van der Waals surface area (Å²) in [5, 5.41) is 2.83. The molecule has 2 rings (SSSR count). The SMILES string of the molecule is CCOc1ccccc1NC(=O)C(C)Oc1cccc(Br)c1. The summed E-state index contributed by atoms with van der Waals surface area (Å²) in [5.41, 5.74) is 0.638. The maximum Gasteiger partial charge on any atom is 0.265 e. The average molecular weight is 364 g/mol. The zero-order chi connectivity index (χ0) is 15.9. The quantitative estimate of drug-likeness (QED) is 0.834. The molecule has 0 fully saturated rings. The third-order valence-corrected chi connectivity index (χ3v) is 3.42. The van der Waals surface area contributed by atoms with E-state index in [1.807, 2.05) is 49.4 Å². The number of amides is 1. The monoisotopic (exact) mass is 363 g/mol. The van der Waals surface area contributed by atoms with Crippen LogP contribution in [0.5, 0.6) is 11.5 Å². The molecule has 0 saturated heterocycles. The van der Waals surface area contributed by atoms with Gasteiger partial charge in [0, 0.05) is 4.47 Å². The van der Waals surface area contributed by atoms with Crippen LogP contribution in [-0.4, -0.2) is 18.6 Å². The molecule has 2 aromatic carbocycles. The van der Waals surface area contributed by atoms with Crippen molar-refractivity contribution in [2.45, 2.75) is 20.0 Å². The second-order valence-corrected chi connectivity index (χ2v) is 5.55. The van der Waals surface area contributed by atoms with E-state index >= 15 is 0 Å². The molecule has 116 valence electrons. The lowest BCUT2D eigenvalue weighted by Gasteiger charge is -2.16. The first kappa shape index (κ1) is 16.4. The van der Waals surface area contributed by atoms with Crippen molar-refractivity contribution in [3.8, 4) is 11.5 Å². The number of ether oxygens (including phenoxy) is 2. The smallest absolute Gasteiger partial charge is 0.265 e. The van der Waals surface area contributed by atoms with Crippen LogP contribution >= 0.6 is 15.9 Å². The molecule has 0 bridgehead atoms. The molecule has 0 aliphatic heterocycles. The molecule has 0 aliphatic rings. The number of carbonyl (C=O) groups excluding carboxylic acids is 1. The molecule has 1 unspecified atom stereocenters. The fraction of sp³-hybridized carbons (Fsp3) is 0.235. The second-order valence-electron chi connectivity index (χ2n) is 4.64. The number of hydrogen-bond donors (Lipinski definition) is 1. The highest BCUT2D eigenvalue weighted by Gasteiger charge is 2.16. The molecular formula is C17H18BrNO3. The molecule has 0 spiro atoms. The minimum Gasteiger partial charge on any atom is -0.492 e. The molecule has 4 nitrogen and oxygen atoms in total. The van der Waals surface area contributed by atoms with Gasteiger partial charge in [-0.25, -0.2) is 0 Å². The maximum atomic E-state index is 12.3. The standard InChI is InChI=1S/C17H18BrNO3/c1-3-21-16-10-5-4-9-15(16)19-17(20)12(2)22-14-8-6-7-13(18)11-14/h4-12H,3H2,1-2H3,(H,19,20). The first-order valence-corrected chi connectivity index (χ1v) is 7.84. The van der Waals surface area contributed by atoms with Gasteiger partial charge in [0.15, 0.2) is 6.10 Å². The van der Waals surface area contributed by atoms with Gasteiger partial charge in [-0.2, -0.15) is 0 Å². The minimum absolute atomic E-state index is 0.230. The number of halogens is 1. The van der Waals surface area contributed by atoms with Crippen LogP contribution in [-0.2, 0) is 4.79 Å². The fourth-order valence-electron chi connectivity index (χ4n) is 1.88. The van der Waals surface area contributed by atoms with E-state index in [9.17, 15) is 4.79 Å². The van der Waals surface area contributed by atoms with Gasteiger partial charge in [-0.3, -0.25) is 4.79 Å². The highest BCUT2D eigenvalue weighted by Crippen LogP contribution is 2.24. The van der Waals surface area contributed by atoms with Gasteiger partial charge in [-0.05, 0) is 44.2 Å². The van der Waals surface area contributed by atoms with Gasteiger partial charge >= 0.3 is 0 Å². The summed E-state index contributed by atoms with van der Waals surface area (Å²) >= 11 is 3.37. The molecule has 5 heteroatoms. The van der Waals surface area contributed by atoms with Crippen LogP contribution in [0.3, 0.4) is 0 Å². The number of anilines is 1. The summed E-state index contributed by atoms with van der Waals surface area (Å²) in [5.74, 6) is 1.05. The van der Waals surface area contributed by atoms with Crippen molar-refractivity contribution < 1.29 is 14.3 Å². The van der Waals surface area contributed by atoms with Gasteiger partial charge < -0.3 is 14.8 Å². The molecule has 1 N–H and O–H groups in total. The predicted molar refractivity (Wildman–Crippen MR) is 90.5 cm³/mol. The molecule has 0 saturated carbocycles. The first-order chi connectivity index (χ1) is 10.6. The van der Waals surface area contributed by atoms with Crippen molar-refractivity contribution in [1.29, 1.82) is 0 Å². The van der Waals surface area contributed by atoms with E-state index in [1.54, 1.807) is 13.0 Å². The summed E-state index contributed by atoms with van der Waals surface area (Å²) in [7, 11) is 0. The Bertz CT molecular complexity index is 645. The van der Waals surface area contributed by atoms with Crippen LogP contribution in [0.15, 0.2) is 53.0 Å². The van der Waals surface area contributed by atoms with E-state index in [-0.39, 0.29) is 5.91 Å². The Kier molecular flexibility index (Phi) is 5.83. The van der Waals surface area contributed by atoms with E-state index in [1.165, 1.54) is 0 Å². The van der Waals surface area contributed by atoms with Gasteiger partial charge in [-0.1, -0.05) is 34.1 Å². The number of carbonyl (C=O) groups is 1. The van der Waals surface area contributed by atoms with Gasteiger partial charge in [0.05, 0.1) is 12.3 Å². The van der Waals surface area contributed by atoms with E-state index in [4.69, 9.17) is 9.47 Å². The van der Waals surface area contributed by atoms with Crippen molar-refractivity contribution in [2.24, 2.45) is 0 Å². The van der Waals surface area contributed by atoms with Gasteiger partial charge in [0.1, 0.15) is 11.5 Å². The lowest BCUT2D eigenvalue weighted by molar-refractivity contribution is -0.122. The normalized spacial score (nSPS) is 11.6. The van der Waals surface area contributed by atoms with Crippen LogP contribution in [0.4, 0.5) is 5.69 Å². The number of nitrogens with one attached hydrogen (secondary N) is 1. The molecule has 22 heavy (non-hydrogen) atoms. The third-order valence-electron chi connectivity index (χ3n) is 2.92. The molecule has 0 aromatic heterocycles. The van der Waals surface area contributed by atoms with Crippen molar-refractivity contribution >= 4 is 27.5 Å². The number of hydrogen-bond acceptors (Lipinski definition) is 3. The molecule has 1 amide bonds. The number of para-hydroxylation sites is 2. The van der Waals surface area contributed by atoms with Crippen LogP contribution in [0, 0.1) is 0 Å². The first-order valence-electron chi connectivity index (χ1n) is 7.05. The summed E-state index contributed by atoms with van der Waals surface area (Å²) in [6.45, 7) is 4.15. The van der Waals surface area contributed by atoms with Crippen LogP contribution < -0.4 is 14.8 Å². The zero-order valence-corrected chi connectivity index (χ0v) is 14.1. The van der Waals surface area contributed by atoms with Gasteiger partial charge in [0.2, 0.25) is 0 Å². The maximum absolute atomic E-state index is 12.3. The topological polar surface area (TPSA) is 47.6 Å². The molecular weight excluding hydrogens is 346 g/mol. The largest absolute Gasteiger partial charge is 0.492 e. The predicted octanol–water partition coefficient (Wildman–Crippen LogP) is 4.25. The molecule has 1 atom stereocenters. The van der Waals surface area contributed by atoms with Crippen molar-refractivity contribution in [1.82, 2.24) is 0 Å². The Labute approximate surface area is 138 Å². The number of benzene rings is 2. The Hall–Kier alpha value is -2.01. The highest BCUT2D eigenvalue weighted by atomic mass is 79.9. The Balaban J connectivity index is 2.02. The summed E-state index contributed by atoms with van der Waals surface area (Å²) in [6.07, 6.45) is -0.621. The van der Waals surface area contributed by atoms with Crippen molar-refractivity contribution in [3.05, 3.63) is 53.0 Å². The highest BCUT2D eigenvalue weighted by molar-refractivity contribution is 9.10. The van der Waals surface area contributed by atoms with E-state index in [2.05, 4.69) is 21.2 Å². The van der Waals surface area contributed by atoms with Crippen LogP contribution in [0.1, 0.15) is 13.8 Å². The van der Waals surface area contributed by atoms with E-state index in [0.29, 0.717) is 23.8 Å². The van der Waals surface area contributed by atoms with Crippen molar-refractivity contribution in [2.75, 3.05) is 11.9 Å². The van der Waals surface area contributed by atoms with Crippen LogP contribution in [0.25, 0.3) is 0 Å². The average Bonchev–Trinajstić information content (AvgIpc) is 2.49. The lowest BCUT2D eigenvalue weighted by Crippen LogP contribution is -2.30. The van der Waals surface area contributed by atoms with Gasteiger partial charge in [-0.15, -0.1) is 0 Å². The Morgan fingerprint density at radius 3 is 2.73 bits per heavy atom. The second kappa shape index (κ2) is 7.84. The van der Waals surface area contributed by atoms with E-state index < -0.39 is 6.10 Å². The van der Waals surface area contributed by atoms with Gasteiger partial charge in [0.25, 0.3) is 5.91 Å². The molecule has 0 radical (unpaired) electrons. The third kappa shape index (κ3) is 4.49. The molecule has 0 heterocycles. The fourth-order valence-corrected chi connectivity index (χ4v) is 2.26. The minimum atomic E-state index is -0.621. The summed E-state index contributed by atoms with van der Waals surface area (Å²) in [4.78, 5) is 12.3. The number of rotatable bonds is 6.